The van der Waals surface area contributed by atoms with Crippen LogP contribution in [-0.2, 0) is 4.79 Å². The molecule has 0 aliphatic heterocycles. The largest absolute Gasteiger partial charge is 0.465 e. The predicted molar refractivity (Wildman–Crippen MR) is 110 cm³/mol. The summed E-state index contributed by atoms with van der Waals surface area (Å²) >= 11 is 0. The van der Waals surface area contributed by atoms with Gasteiger partial charge in [-0.25, -0.2) is 0 Å². The fourth-order valence-corrected chi connectivity index (χ4v) is 2.88. The normalized spacial score (nSPS) is 11.2. The molecule has 2 amide bonds. The molecule has 0 atom stereocenters. The smallest absolute Gasteiger partial charge is 0.272 e. The van der Waals surface area contributed by atoms with Gasteiger partial charge in [0.1, 0.15) is 11.5 Å². The van der Waals surface area contributed by atoms with E-state index in [0.717, 1.165) is 22.4 Å². The summed E-state index contributed by atoms with van der Waals surface area (Å²) in [5.41, 5.74) is 4.04. The molecule has 5 heteroatoms. The van der Waals surface area contributed by atoms with Crippen LogP contribution in [0, 0.1) is 20.8 Å². The second kappa shape index (κ2) is 8.39. The van der Waals surface area contributed by atoms with Crippen LogP contribution in [0.25, 0.3) is 6.08 Å². The van der Waals surface area contributed by atoms with E-state index in [1.54, 1.807) is 24.3 Å². The Balaban J connectivity index is 1.90. The lowest BCUT2D eigenvalue weighted by Gasteiger charge is -2.14. The van der Waals surface area contributed by atoms with Gasteiger partial charge in [0, 0.05) is 17.3 Å². The summed E-state index contributed by atoms with van der Waals surface area (Å²) in [5, 5.41) is 5.62. The molecule has 5 nitrogen and oxygen atoms in total. The molecule has 0 fully saturated rings. The highest BCUT2D eigenvalue weighted by molar-refractivity contribution is 6.11. The molecule has 1 aromatic heterocycles. The molecule has 0 aliphatic rings. The molecule has 2 aromatic carbocycles. The van der Waals surface area contributed by atoms with Crippen molar-refractivity contribution < 1.29 is 14.0 Å². The highest BCUT2D eigenvalue weighted by atomic mass is 16.3. The van der Waals surface area contributed by atoms with E-state index < -0.39 is 5.91 Å². The molecule has 2 N–H and O–H groups in total. The van der Waals surface area contributed by atoms with Crippen molar-refractivity contribution in [2.24, 2.45) is 0 Å². The van der Waals surface area contributed by atoms with Crippen LogP contribution in [0.4, 0.5) is 5.69 Å². The van der Waals surface area contributed by atoms with Crippen molar-refractivity contribution in [2.75, 3.05) is 5.32 Å². The van der Waals surface area contributed by atoms with Gasteiger partial charge >= 0.3 is 0 Å². The Morgan fingerprint density at radius 1 is 0.857 bits per heavy atom. The zero-order chi connectivity index (χ0) is 20.1. The number of amides is 2. The maximum absolute atomic E-state index is 13.0. The van der Waals surface area contributed by atoms with Crippen molar-refractivity contribution in [3.8, 4) is 0 Å². The molecule has 0 radical (unpaired) electrons. The number of hydrogen-bond donors (Lipinski definition) is 2. The number of benzene rings is 2. The highest BCUT2D eigenvalue weighted by Gasteiger charge is 2.18. The molecule has 3 aromatic rings. The van der Waals surface area contributed by atoms with E-state index in [0.29, 0.717) is 11.3 Å². The molecular weight excluding hydrogens is 352 g/mol. The van der Waals surface area contributed by atoms with Crippen LogP contribution in [0.5, 0.6) is 0 Å². The van der Waals surface area contributed by atoms with E-state index in [4.69, 9.17) is 4.42 Å². The first-order valence-corrected chi connectivity index (χ1v) is 8.95. The summed E-state index contributed by atoms with van der Waals surface area (Å²) in [6.07, 6.45) is 3.02. The lowest BCUT2D eigenvalue weighted by molar-refractivity contribution is -0.113. The predicted octanol–water partition coefficient (Wildman–Crippen LogP) is 4.61. The summed E-state index contributed by atoms with van der Waals surface area (Å²) < 4.78 is 5.32. The van der Waals surface area contributed by atoms with Gasteiger partial charge < -0.3 is 15.1 Å². The Bertz CT molecular complexity index is 1010. The van der Waals surface area contributed by atoms with E-state index in [-0.39, 0.29) is 11.6 Å². The van der Waals surface area contributed by atoms with Gasteiger partial charge in [0.2, 0.25) is 0 Å². The Kier molecular flexibility index (Phi) is 5.75. The standard InChI is InChI=1S/C23H22N2O3/c1-15-8-4-5-12-19(15)22(26)24-20(14-18-11-7-13-28-18)23(27)25-21-16(2)9-6-10-17(21)3/h4-14H,1-3H3,(H,24,26)(H,25,27)/b20-14-. The number of anilines is 1. The molecule has 142 valence electrons. The number of para-hydroxylation sites is 1. The molecule has 0 saturated heterocycles. The Morgan fingerprint density at radius 3 is 2.18 bits per heavy atom. The fourth-order valence-electron chi connectivity index (χ4n) is 2.88. The van der Waals surface area contributed by atoms with Gasteiger partial charge in [-0.3, -0.25) is 9.59 Å². The van der Waals surface area contributed by atoms with Crippen molar-refractivity contribution in [1.29, 1.82) is 0 Å². The number of aryl methyl sites for hydroxylation is 3. The zero-order valence-corrected chi connectivity index (χ0v) is 16.1. The first kappa shape index (κ1) is 19.2. The second-order valence-electron chi connectivity index (χ2n) is 6.56. The maximum Gasteiger partial charge on any atom is 0.272 e. The third-order valence-electron chi connectivity index (χ3n) is 4.43. The number of hydrogen-bond acceptors (Lipinski definition) is 3. The van der Waals surface area contributed by atoms with Gasteiger partial charge in [-0.2, -0.15) is 0 Å². The molecule has 3 rings (SSSR count). The van der Waals surface area contributed by atoms with Crippen LogP contribution < -0.4 is 10.6 Å². The van der Waals surface area contributed by atoms with Crippen LogP contribution in [0.1, 0.15) is 32.8 Å². The average Bonchev–Trinajstić information content (AvgIpc) is 3.17. The topological polar surface area (TPSA) is 71.3 Å². The number of carbonyl (C=O) groups is 2. The van der Waals surface area contributed by atoms with Gasteiger partial charge in [0.25, 0.3) is 11.8 Å². The number of carbonyl (C=O) groups excluding carboxylic acids is 2. The van der Waals surface area contributed by atoms with E-state index >= 15 is 0 Å². The van der Waals surface area contributed by atoms with E-state index in [9.17, 15) is 9.59 Å². The molecule has 1 heterocycles. The van der Waals surface area contributed by atoms with Crippen LogP contribution in [0.2, 0.25) is 0 Å². The van der Waals surface area contributed by atoms with Gasteiger partial charge in [-0.05, 0) is 55.7 Å². The summed E-state index contributed by atoms with van der Waals surface area (Å²) in [6.45, 7) is 5.69. The first-order chi connectivity index (χ1) is 13.5. The second-order valence-corrected chi connectivity index (χ2v) is 6.56. The Morgan fingerprint density at radius 2 is 1.54 bits per heavy atom. The molecule has 28 heavy (non-hydrogen) atoms. The van der Waals surface area contributed by atoms with Crippen LogP contribution in [-0.4, -0.2) is 11.8 Å². The highest BCUT2D eigenvalue weighted by Crippen LogP contribution is 2.20. The first-order valence-electron chi connectivity index (χ1n) is 8.95. The molecule has 0 spiro atoms. The monoisotopic (exact) mass is 374 g/mol. The lowest BCUT2D eigenvalue weighted by atomic mass is 10.1. The number of rotatable bonds is 5. The van der Waals surface area contributed by atoms with E-state index in [2.05, 4.69) is 10.6 Å². The van der Waals surface area contributed by atoms with Gasteiger partial charge in [-0.15, -0.1) is 0 Å². The van der Waals surface area contributed by atoms with Crippen molar-refractivity contribution in [3.63, 3.8) is 0 Å². The number of furan rings is 1. The van der Waals surface area contributed by atoms with Crippen molar-refractivity contribution in [1.82, 2.24) is 5.32 Å². The Hall–Kier alpha value is -3.60. The van der Waals surface area contributed by atoms with Crippen LogP contribution >= 0.6 is 0 Å². The minimum Gasteiger partial charge on any atom is -0.465 e. The maximum atomic E-state index is 13.0. The molecular formula is C23H22N2O3. The quantitative estimate of drug-likeness (QED) is 0.641. The molecule has 0 unspecified atom stereocenters. The van der Waals surface area contributed by atoms with Crippen molar-refractivity contribution >= 4 is 23.6 Å². The van der Waals surface area contributed by atoms with Crippen molar-refractivity contribution in [3.05, 3.63) is 94.6 Å². The summed E-state index contributed by atoms with van der Waals surface area (Å²) in [4.78, 5) is 25.7. The third-order valence-corrected chi connectivity index (χ3v) is 4.43. The Labute approximate surface area is 164 Å². The van der Waals surface area contributed by atoms with Crippen LogP contribution in [0.3, 0.4) is 0 Å². The lowest BCUT2D eigenvalue weighted by Crippen LogP contribution is -2.31. The summed E-state index contributed by atoms with van der Waals surface area (Å²) in [5.74, 6) is -0.306. The van der Waals surface area contributed by atoms with Crippen molar-refractivity contribution in [2.45, 2.75) is 20.8 Å². The van der Waals surface area contributed by atoms with E-state index in [1.165, 1.54) is 12.3 Å². The van der Waals surface area contributed by atoms with E-state index in [1.807, 2.05) is 51.1 Å². The minimum absolute atomic E-state index is 0.103. The summed E-state index contributed by atoms with van der Waals surface area (Å²) in [7, 11) is 0. The number of nitrogens with one attached hydrogen (secondary N) is 2. The average molecular weight is 374 g/mol. The SMILES string of the molecule is Cc1ccccc1C(=O)N/C(=C\c1ccco1)C(=O)Nc1c(C)cccc1C. The summed E-state index contributed by atoms with van der Waals surface area (Å²) in [6, 6.07) is 16.4. The molecule has 0 bridgehead atoms. The van der Waals surface area contributed by atoms with Crippen LogP contribution in [0.15, 0.2) is 71.0 Å². The minimum atomic E-state index is -0.421. The molecule has 0 saturated carbocycles. The third kappa shape index (κ3) is 4.38. The van der Waals surface area contributed by atoms with Gasteiger partial charge in [0.15, 0.2) is 0 Å². The fraction of sp³-hybridized carbons (Fsp3) is 0.130. The van der Waals surface area contributed by atoms with Gasteiger partial charge in [-0.1, -0.05) is 36.4 Å². The molecule has 0 aliphatic carbocycles. The zero-order valence-electron chi connectivity index (χ0n) is 16.1. The van der Waals surface area contributed by atoms with Gasteiger partial charge in [0.05, 0.1) is 6.26 Å².